The third kappa shape index (κ3) is 6.71. The molecule has 5 heteroatoms. The van der Waals surface area contributed by atoms with Gasteiger partial charge < -0.3 is 19.7 Å². The van der Waals surface area contributed by atoms with Crippen LogP contribution in [0.15, 0.2) is 24.3 Å². The molecule has 24 heavy (non-hydrogen) atoms. The van der Waals surface area contributed by atoms with Gasteiger partial charge in [0.2, 0.25) is 5.91 Å². The molecule has 132 valence electrons. The van der Waals surface area contributed by atoms with Gasteiger partial charge in [0.25, 0.3) is 0 Å². The Bertz CT molecular complexity index is 522. The number of amides is 1. The van der Waals surface area contributed by atoms with Gasteiger partial charge in [-0.3, -0.25) is 4.79 Å². The Balaban J connectivity index is 1.65. The smallest absolute Gasteiger partial charge is 0.224 e. The maximum Gasteiger partial charge on any atom is 0.224 e. The molecule has 0 radical (unpaired) electrons. The average Bonchev–Trinajstić information content (AvgIpc) is 2.59. The van der Waals surface area contributed by atoms with E-state index >= 15 is 0 Å². The molecule has 0 bridgehead atoms. The lowest BCUT2D eigenvalue weighted by atomic mass is 10.1. The van der Waals surface area contributed by atoms with Crippen LogP contribution in [0.1, 0.15) is 45.4 Å². The van der Waals surface area contributed by atoms with Gasteiger partial charge in [0.05, 0.1) is 13.2 Å². The minimum absolute atomic E-state index is 0.0562. The maximum absolute atomic E-state index is 11.9. The van der Waals surface area contributed by atoms with E-state index in [1.807, 2.05) is 24.3 Å². The van der Waals surface area contributed by atoms with Crippen molar-refractivity contribution in [3.8, 4) is 0 Å². The van der Waals surface area contributed by atoms with Gasteiger partial charge in [0.1, 0.15) is 5.78 Å². The topological polar surface area (TPSA) is 58.6 Å². The molecule has 0 saturated carbocycles. The Labute approximate surface area is 144 Å². The van der Waals surface area contributed by atoms with Gasteiger partial charge in [0, 0.05) is 37.3 Å². The van der Waals surface area contributed by atoms with E-state index in [0.717, 1.165) is 57.7 Å². The fourth-order valence-corrected chi connectivity index (χ4v) is 2.81. The van der Waals surface area contributed by atoms with Crippen molar-refractivity contribution in [2.24, 2.45) is 0 Å². The number of hydrogen-bond acceptors (Lipinski definition) is 4. The number of nitrogens with zero attached hydrogens (tertiary/aromatic N) is 1. The Morgan fingerprint density at radius 2 is 1.62 bits per heavy atom. The highest BCUT2D eigenvalue weighted by Gasteiger charge is 2.11. The summed E-state index contributed by atoms with van der Waals surface area (Å²) in [5, 5.41) is 2.94. The summed E-state index contributed by atoms with van der Waals surface area (Å²) in [7, 11) is 0. The zero-order valence-corrected chi connectivity index (χ0v) is 14.6. The summed E-state index contributed by atoms with van der Waals surface area (Å²) in [6.45, 7) is 4.98. The third-order valence-electron chi connectivity index (χ3n) is 4.21. The second-order valence-corrected chi connectivity index (χ2v) is 6.31. The Morgan fingerprint density at radius 1 is 1.00 bits per heavy atom. The molecule has 0 aromatic heterocycles. The van der Waals surface area contributed by atoms with Gasteiger partial charge in [-0.2, -0.15) is 0 Å². The number of carbonyl (C=O) groups excluding carboxylic acids is 2. The van der Waals surface area contributed by atoms with Gasteiger partial charge in [-0.15, -0.1) is 0 Å². The lowest BCUT2D eigenvalue weighted by molar-refractivity contribution is -0.117. The summed E-state index contributed by atoms with van der Waals surface area (Å²) in [5.74, 6) is 0.300. The van der Waals surface area contributed by atoms with Gasteiger partial charge in [-0.05, 0) is 44.0 Å². The van der Waals surface area contributed by atoms with Crippen LogP contribution in [0.25, 0.3) is 0 Å². The number of benzene rings is 1. The molecule has 0 spiro atoms. The Kier molecular flexibility index (Phi) is 7.75. The fraction of sp³-hybridized carbons (Fsp3) is 0.579. The number of nitrogens with one attached hydrogen (secondary N) is 1. The number of ketones is 1. The number of hydrogen-bond donors (Lipinski definition) is 1. The number of ether oxygens (including phenoxy) is 1. The molecule has 1 fully saturated rings. The van der Waals surface area contributed by atoms with Gasteiger partial charge in [-0.25, -0.2) is 0 Å². The minimum Gasteiger partial charge on any atom is -0.378 e. The molecule has 0 aliphatic carbocycles. The predicted molar refractivity (Wildman–Crippen MR) is 96.5 cm³/mol. The molecule has 1 saturated heterocycles. The van der Waals surface area contributed by atoms with Crippen LogP contribution in [-0.4, -0.2) is 38.0 Å². The zero-order valence-electron chi connectivity index (χ0n) is 14.6. The maximum atomic E-state index is 11.9. The molecular weight excluding hydrogens is 304 g/mol. The van der Waals surface area contributed by atoms with Crippen molar-refractivity contribution in [1.29, 1.82) is 0 Å². The normalized spacial score (nSPS) is 14.5. The number of Topliss-reactive ketones (excluding diaryl/α,β-unsaturated/α-hetero) is 1. The molecule has 1 N–H and O–H groups in total. The van der Waals surface area contributed by atoms with Crippen LogP contribution in [0.3, 0.4) is 0 Å². The summed E-state index contributed by atoms with van der Waals surface area (Å²) in [4.78, 5) is 25.1. The first kappa shape index (κ1) is 18.5. The van der Waals surface area contributed by atoms with E-state index in [9.17, 15) is 9.59 Å². The molecule has 0 unspecified atom stereocenters. The number of anilines is 2. The van der Waals surface area contributed by atoms with Crippen molar-refractivity contribution >= 4 is 23.1 Å². The highest BCUT2D eigenvalue weighted by molar-refractivity contribution is 5.90. The van der Waals surface area contributed by atoms with Crippen LogP contribution in [0.4, 0.5) is 11.4 Å². The Morgan fingerprint density at radius 3 is 2.25 bits per heavy atom. The largest absolute Gasteiger partial charge is 0.378 e. The lowest BCUT2D eigenvalue weighted by Crippen LogP contribution is -2.36. The molecule has 1 amide bonds. The average molecular weight is 332 g/mol. The molecule has 2 rings (SSSR count). The van der Waals surface area contributed by atoms with Gasteiger partial charge in [0.15, 0.2) is 0 Å². The fourth-order valence-electron chi connectivity index (χ4n) is 2.81. The van der Waals surface area contributed by atoms with Crippen molar-refractivity contribution in [3.63, 3.8) is 0 Å². The van der Waals surface area contributed by atoms with Crippen LogP contribution in [0.2, 0.25) is 0 Å². The zero-order chi connectivity index (χ0) is 17.2. The van der Waals surface area contributed by atoms with Crippen LogP contribution >= 0.6 is 0 Å². The quantitative estimate of drug-likeness (QED) is 0.704. The molecule has 1 aliphatic rings. The summed E-state index contributed by atoms with van der Waals surface area (Å²) < 4.78 is 5.36. The number of carbonyl (C=O) groups is 2. The molecule has 5 nitrogen and oxygen atoms in total. The van der Waals surface area contributed by atoms with E-state index in [-0.39, 0.29) is 11.7 Å². The van der Waals surface area contributed by atoms with Crippen LogP contribution in [-0.2, 0) is 14.3 Å². The van der Waals surface area contributed by atoms with Gasteiger partial charge >= 0.3 is 0 Å². The first-order valence-electron chi connectivity index (χ1n) is 8.87. The summed E-state index contributed by atoms with van der Waals surface area (Å²) in [6, 6.07) is 8.00. The van der Waals surface area contributed by atoms with E-state index < -0.39 is 0 Å². The second-order valence-electron chi connectivity index (χ2n) is 6.31. The Hall–Kier alpha value is -1.88. The lowest BCUT2D eigenvalue weighted by Gasteiger charge is -2.28. The second kappa shape index (κ2) is 10.1. The van der Waals surface area contributed by atoms with E-state index in [1.165, 1.54) is 5.69 Å². The van der Waals surface area contributed by atoms with Crippen LogP contribution < -0.4 is 10.2 Å². The first-order chi connectivity index (χ1) is 11.6. The monoisotopic (exact) mass is 332 g/mol. The highest BCUT2D eigenvalue weighted by atomic mass is 16.5. The minimum atomic E-state index is 0.0562. The van der Waals surface area contributed by atoms with Crippen LogP contribution in [0.5, 0.6) is 0 Å². The van der Waals surface area contributed by atoms with Crippen molar-refractivity contribution < 1.29 is 14.3 Å². The molecule has 1 aromatic carbocycles. The number of morpholine rings is 1. The van der Waals surface area contributed by atoms with E-state index in [2.05, 4.69) is 10.2 Å². The van der Waals surface area contributed by atoms with Crippen LogP contribution in [0, 0.1) is 0 Å². The summed E-state index contributed by atoms with van der Waals surface area (Å²) >= 11 is 0. The van der Waals surface area contributed by atoms with Crippen molar-refractivity contribution in [3.05, 3.63) is 24.3 Å². The van der Waals surface area contributed by atoms with Crippen molar-refractivity contribution in [2.45, 2.75) is 45.4 Å². The first-order valence-corrected chi connectivity index (χ1v) is 8.87. The predicted octanol–water partition coefficient (Wildman–Crippen LogP) is 3.39. The summed E-state index contributed by atoms with van der Waals surface area (Å²) in [5.41, 5.74) is 2.01. The molecule has 0 atom stereocenters. The molecule has 1 aliphatic heterocycles. The molecular formula is C19H28N2O3. The number of unbranched alkanes of at least 4 members (excludes halogenated alkanes) is 3. The molecule has 1 aromatic rings. The van der Waals surface area contributed by atoms with Crippen molar-refractivity contribution in [2.75, 3.05) is 36.5 Å². The van der Waals surface area contributed by atoms with Crippen molar-refractivity contribution in [1.82, 2.24) is 0 Å². The summed E-state index contributed by atoms with van der Waals surface area (Å²) in [6.07, 6.45) is 5.00. The van der Waals surface area contributed by atoms with E-state index in [0.29, 0.717) is 12.8 Å². The highest BCUT2D eigenvalue weighted by Crippen LogP contribution is 2.19. The molecule has 1 heterocycles. The van der Waals surface area contributed by atoms with Gasteiger partial charge in [-0.1, -0.05) is 12.8 Å². The third-order valence-corrected chi connectivity index (χ3v) is 4.21. The standard InChI is InChI=1S/C19H28N2O3/c1-16(22)6-4-2-3-5-7-19(23)20-17-8-10-18(11-9-17)21-12-14-24-15-13-21/h8-11H,2-7,12-15H2,1H3,(H,20,23). The number of rotatable bonds is 9. The van der Waals surface area contributed by atoms with E-state index in [1.54, 1.807) is 6.92 Å². The SMILES string of the molecule is CC(=O)CCCCCCC(=O)Nc1ccc(N2CCOCC2)cc1. The van der Waals surface area contributed by atoms with E-state index in [4.69, 9.17) is 4.74 Å².